The fourth-order valence-corrected chi connectivity index (χ4v) is 2.21. The Morgan fingerprint density at radius 3 is 3.08 bits per heavy atom. The molecule has 1 aliphatic rings. The molecule has 1 aromatic heterocycles. The molecule has 1 aromatic rings. The van der Waals surface area contributed by atoms with E-state index in [1.165, 1.54) is 17.8 Å². The molecule has 1 aliphatic heterocycles. The topological polar surface area (TPSA) is 63.8 Å². The zero-order chi connectivity index (χ0) is 8.39. The van der Waals surface area contributed by atoms with E-state index in [0.717, 1.165) is 30.4 Å². The van der Waals surface area contributed by atoms with Crippen molar-refractivity contribution in [3.63, 3.8) is 0 Å². The summed E-state index contributed by atoms with van der Waals surface area (Å²) in [7, 11) is 0. The van der Waals surface area contributed by atoms with Gasteiger partial charge in [-0.15, -0.1) is 10.2 Å². The van der Waals surface area contributed by atoms with Gasteiger partial charge in [-0.1, -0.05) is 11.3 Å². The zero-order valence-electron chi connectivity index (χ0n) is 6.79. The predicted octanol–water partition coefficient (Wildman–Crippen LogP) is 0.272. The lowest BCUT2D eigenvalue weighted by atomic mass is 10.1. The van der Waals surface area contributed by atoms with Gasteiger partial charge in [-0.3, -0.25) is 0 Å². The monoisotopic (exact) mass is 184 g/mol. The van der Waals surface area contributed by atoms with Gasteiger partial charge in [0.15, 0.2) is 0 Å². The Kier molecular flexibility index (Phi) is 2.23. The summed E-state index contributed by atoms with van der Waals surface area (Å²) in [5.74, 6) is 0.734. The van der Waals surface area contributed by atoms with Gasteiger partial charge < -0.3 is 11.1 Å². The Bertz CT molecular complexity index is 254. The molecule has 2 rings (SSSR count). The van der Waals surface area contributed by atoms with Crippen molar-refractivity contribution < 1.29 is 0 Å². The largest absolute Gasteiger partial charge is 0.374 e. The number of nitrogen functional groups attached to an aromatic ring is 1. The molecule has 5 heteroatoms. The van der Waals surface area contributed by atoms with E-state index in [1.54, 1.807) is 0 Å². The lowest BCUT2D eigenvalue weighted by molar-refractivity contribution is 0.575. The van der Waals surface area contributed by atoms with Crippen molar-refractivity contribution >= 4 is 16.5 Å². The molecule has 1 unspecified atom stereocenters. The van der Waals surface area contributed by atoms with Crippen LogP contribution in [-0.2, 0) is 6.42 Å². The second kappa shape index (κ2) is 3.37. The number of rotatable bonds is 2. The minimum absolute atomic E-state index is 0.580. The van der Waals surface area contributed by atoms with Crippen LogP contribution in [0.2, 0.25) is 0 Å². The van der Waals surface area contributed by atoms with E-state index < -0.39 is 0 Å². The van der Waals surface area contributed by atoms with E-state index >= 15 is 0 Å². The molecule has 0 amide bonds. The van der Waals surface area contributed by atoms with Gasteiger partial charge in [0.05, 0.1) is 0 Å². The summed E-state index contributed by atoms with van der Waals surface area (Å²) in [5, 5.41) is 12.8. The predicted molar refractivity (Wildman–Crippen MR) is 49.0 cm³/mol. The Balaban J connectivity index is 1.94. The Hall–Kier alpha value is -0.680. The van der Waals surface area contributed by atoms with Gasteiger partial charge in [-0.05, 0) is 25.4 Å². The summed E-state index contributed by atoms with van der Waals surface area (Å²) >= 11 is 1.50. The van der Waals surface area contributed by atoms with Crippen molar-refractivity contribution in [3.8, 4) is 0 Å². The summed E-state index contributed by atoms with van der Waals surface area (Å²) in [6.07, 6.45) is 2.28. The summed E-state index contributed by atoms with van der Waals surface area (Å²) < 4.78 is 0. The molecule has 0 aromatic carbocycles. The normalized spacial score (nSPS) is 23.2. The van der Waals surface area contributed by atoms with Crippen LogP contribution in [0, 0.1) is 5.92 Å². The van der Waals surface area contributed by atoms with Crippen LogP contribution in [0.4, 0.5) is 5.13 Å². The van der Waals surface area contributed by atoms with Crippen LogP contribution >= 0.6 is 11.3 Å². The maximum atomic E-state index is 5.48. The molecule has 0 aliphatic carbocycles. The average Bonchev–Trinajstić information content (AvgIpc) is 2.63. The Labute approximate surface area is 75.2 Å². The van der Waals surface area contributed by atoms with Crippen LogP contribution in [0.25, 0.3) is 0 Å². The fourth-order valence-electron chi connectivity index (χ4n) is 1.48. The first-order valence-corrected chi connectivity index (χ1v) is 4.95. The first-order valence-electron chi connectivity index (χ1n) is 4.13. The van der Waals surface area contributed by atoms with Crippen LogP contribution in [0.3, 0.4) is 0 Å². The van der Waals surface area contributed by atoms with E-state index in [0.29, 0.717) is 5.13 Å². The Morgan fingerprint density at radius 2 is 2.50 bits per heavy atom. The fraction of sp³-hybridized carbons (Fsp3) is 0.714. The van der Waals surface area contributed by atoms with Crippen molar-refractivity contribution in [2.24, 2.45) is 5.92 Å². The van der Waals surface area contributed by atoms with E-state index in [9.17, 15) is 0 Å². The van der Waals surface area contributed by atoms with E-state index in [4.69, 9.17) is 5.73 Å². The number of nitrogens with zero attached hydrogens (tertiary/aromatic N) is 2. The summed E-state index contributed by atoms with van der Waals surface area (Å²) in [6.45, 7) is 2.25. The average molecular weight is 184 g/mol. The van der Waals surface area contributed by atoms with Gasteiger partial charge >= 0.3 is 0 Å². The molecule has 12 heavy (non-hydrogen) atoms. The number of nitrogens with one attached hydrogen (secondary N) is 1. The van der Waals surface area contributed by atoms with Gasteiger partial charge in [0.25, 0.3) is 0 Å². The highest BCUT2D eigenvalue weighted by atomic mass is 32.1. The van der Waals surface area contributed by atoms with Gasteiger partial charge in [-0.25, -0.2) is 0 Å². The lowest BCUT2D eigenvalue weighted by Crippen LogP contribution is -2.10. The van der Waals surface area contributed by atoms with Crippen molar-refractivity contribution in [1.82, 2.24) is 15.5 Å². The van der Waals surface area contributed by atoms with E-state index in [-0.39, 0.29) is 0 Å². The molecule has 0 saturated carbocycles. The van der Waals surface area contributed by atoms with Crippen LogP contribution in [0.1, 0.15) is 11.4 Å². The lowest BCUT2D eigenvalue weighted by Gasteiger charge is -2.02. The highest BCUT2D eigenvalue weighted by Crippen LogP contribution is 2.18. The molecule has 4 nitrogen and oxygen atoms in total. The minimum atomic E-state index is 0.580. The van der Waals surface area contributed by atoms with Crippen molar-refractivity contribution in [2.45, 2.75) is 12.8 Å². The van der Waals surface area contributed by atoms with Crippen molar-refractivity contribution in [3.05, 3.63) is 5.01 Å². The molecule has 0 spiro atoms. The van der Waals surface area contributed by atoms with Gasteiger partial charge in [0, 0.05) is 6.42 Å². The first kappa shape index (κ1) is 7.94. The molecular weight excluding hydrogens is 172 g/mol. The van der Waals surface area contributed by atoms with Crippen LogP contribution in [0.5, 0.6) is 0 Å². The maximum Gasteiger partial charge on any atom is 0.203 e. The summed E-state index contributed by atoms with van der Waals surface area (Å²) in [5.41, 5.74) is 5.48. The van der Waals surface area contributed by atoms with Crippen LogP contribution in [0.15, 0.2) is 0 Å². The molecule has 3 N–H and O–H groups in total. The molecule has 1 fully saturated rings. The second-order valence-electron chi connectivity index (χ2n) is 3.10. The third-order valence-corrected chi connectivity index (χ3v) is 2.88. The van der Waals surface area contributed by atoms with Crippen LogP contribution < -0.4 is 11.1 Å². The summed E-state index contributed by atoms with van der Waals surface area (Å²) in [4.78, 5) is 0. The van der Waals surface area contributed by atoms with Gasteiger partial charge in [-0.2, -0.15) is 0 Å². The Morgan fingerprint density at radius 1 is 1.58 bits per heavy atom. The summed E-state index contributed by atoms with van der Waals surface area (Å²) in [6, 6.07) is 0. The van der Waals surface area contributed by atoms with Gasteiger partial charge in [0.2, 0.25) is 5.13 Å². The highest BCUT2D eigenvalue weighted by Gasteiger charge is 2.16. The van der Waals surface area contributed by atoms with Gasteiger partial charge in [0.1, 0.15) is 5.01 Å². The molecule has 0 radical (unpaired) electrons. The molecule has 66 valence electrons. The number of hydrogen-bond acceptors (Lipinski definition) is 5. The smallest absolute Gasteiger partial charge is 0.203 e. The number of anilines is 1. The standard InChI is InChI=1S/C7H12N4S/c8-7-11-10-6(12-7)3-5-1-2-9-4-5/h5,9H,1-4H2,(H2,8,11). The maximum absolute atomic E-state index is 5.48. The molecule has 1 saturated heterocycles. The van der Waals surface area contributed by atoms with E-state index in [2.05, 4.69) is 15.5 Å². The van der Waals surface area contributed by atoms with Crippen molar-refractivity contribution in [1.29, 1.82) is 0 Å². The molecular formula is C7H12N4S. The molecule has 0 bridgehead atoms. The highest BCUT2D eigenvalue weighted by molar-refractivity contribution is 7.15. The first-order chi connectivity index (χ1) is 5.84. The van der Waals surface area contributed by atoms with Crippen LogP contribution in [-0.4, -0.2) is 23.3 Å². The quantitative estimate of drug-likeness (QED) is 0.692. The van der Waals surface area contributed by atoms with Crippen molar-refractivity contribution in [2.75, 3.05) is 18.8 Å². The number of aromatic nitrogens is 2. The third-order valence-electron chi connectivity index (χ3n) is 2.11. The molecule has 2 heterocycles. The minimum Gasteiger partial charge on any atom is -0.374 e. The third kappa shape index (κ3) is 1.73. The van der Waals surface area contributed by atoms with E-state index in [1.807, 2.05) is 0 Å². The number of hydrogen-bond donors (Lipinski definition) is 2. The zero-order valence-corrected chi connectivity index (χ0v) is 7.60. The number of nitrogens with two attached hydrogens (primary N) is 1. The second-order valence-corrected chi connectivity index (χ2v) is 4.19. The molecule has 1 atom stereocenters. The SMILES string of the molecule is Nc1nnc(CC2CCNC2)s1.